The van der Waals surface area contributed by atoms with Crippen molar-refractivity contribution in [3.8, 4) is 0 Å². The number of nitrogens with one attached hydrogen (secondary N) is 1. The van der Waals surface area contributed by atoms with Crippen molar-refractivity contribution in [3.63, 3.8) is 0 Å². The van der Waals surface area contributed by atoms with Crippen LogP contribution in [0.2, 0.25) is 0 Å². The Labute approximate surface area is 71.5 Å². The number of aliphatic hydroxyl groups excluding tert-OH is 1. The van der Waals surface area contributed by atoms with E-state index in [2.05, 4.69) is 5.32 Å². The predicted octanol–water partition coefficient (Wildman–Crippen LogP) is -1.20. The standard InChI is InChI=1S/C8H14N2O2/c11-7-4-10(5-7)8(12)6-1-2-9-3-6/h6-7,9,11H,1-5H2/t6-/m1/s1. The monoisotopic (exact) mass is 170 g/mol. The Morgan fingerprint density at radius 3 is 2.75 bits per heavy atom. The van der Waals surface area contributed by atoms with Crippen molar-refractivity contribution in [2.75, 3.05) is 26.2 Å². The first-order valence-electron chi connectivity index (χ1n) is 4.45. The summed E-state index contributed by atoms with van der Waals surface area (Å²) < 4.78 is 0. The second kappa shape index (κ2) is 3.03. The van der Waals surface area contributed by atoms with Gasteiger partial charge in [0.2, 0.25) is 5.91 Å². The van der Waals surface area contributed by atoms with Gasteiger partial charge in [0.05, 0.1) is 12.0 Å². The summed E-state index contributed by atoms with van der Waals surface area (Å²) in [7, 11) is 0. The number of likely N-dealkylation sites (tertiary alicyclic amines) is 1. The minimum atomic E-state index is -0.275. The Hall–Kier alpha value is -0.610. The third-order valence-corrected chi connectivity index (χ3v) is 2.58. The molecule has 2 aliphatic heterocycles. The average Bonchev–Trinajstić information content (AvgIpc) is 2.49. The number of amides is 1. The molecule has 2 saturated heterocycles. The van der Waals surface area contributed by atoms with Gasteiger partial charge in [-0.25, -0.2) is 0 Å². The molecule has 0 bridgehead atoms. The molecule has 4 heteroatoms. The van der Waals surface area contributed by atoms with Crippen LogP contribution in [0.4, 0.5) is 0 Å². The number of hydrogen-bond donors (Lipinski definition) is 2. The first-order valence-corrected chi connectivity index (χ1v) is 4.45. The van der Waals surface area contributed by atoms with E-state index in [1.165, 1.54) is 0 Å². The number of nitrogens with zero attached hydrogens (tertiary/aromatic N) is 1. The van der Waals surface area contributed by atoms with Crippen molar-refractivity contribution in [2.45, 2.75) is 12.5 Å². The van der Waals surface area contributed by atoms with Gasteiger partial charge in [-0.3, -0.25) is 4.79 Å². The molecule has 1 atom stereocenters. The fourth-order valence-electron chi connectivity index (χ4n) is 1.76. The molecule has 12 heavy (non-hydrogen) atoms. The van der Waals surface area contributed by atoms with Gasteiger partial charge < -0.3 is 15.3 Å². The summed E-state index contributed by atoms with van der Waals surface area (Å²) in [6.07, 6.45) is 0.675. The van der Waals surface area contributed by atoms with Crippen LogP contribution in [-0.2, 0) is 4.79 Å². The SMILES string of the molecule is O=C([C@@H]1CCNC1)N1CC(O)C1. The van der Waals surface area contributed by atoms with Gasteiger partial charge in [-0.1, -0.05) is 0 Å². The number of hydrogen-bond acceptors (Lipinski definition) is 3. The van der Waals surface area contributed by atoms with E-state index in [0.717, 1.165) is 19.5 Å². The smallest absolute Gasteiger partial charge is 0.227 e. The Morgan fingerprint density at radius 1 is 1.50 bits per heavy atom. The Balaban J connectivity index is 1.83. The van der Waals surface area contributed by atoms with Crippen LogP contribution >= 0.6 is 0 Å². The summed E-state index contributed by atoms with van der Waals surface area (Å²) in [6, 6.07) is 0. The third kappa shape index (κ3) is 1.32. The highest BCUT2D eigenvalue weighted by molar-refractivity contribution is 5.80. The van der Waals surface area contributed by atoms with E-state index in [-0.39, 0.29) is 17.9 Å². The van der Waals surface area contributed by atoms with E-state index in [0.29, 0.717) is 13.1 Å². The van der Waals surface area contributed by atoms with E-state index in [1.54, 1.807) is 4.90 Å². The van der Waals surface area contributed by atoms with E-state index >= 15 is 0 Å². The minimum absolute atomic E-state index is 0.164. The van der Waals surface area contributed by atoms with Crippen molar-refractivity contribution >= 4 is 5.91 Å². The molecule has 0 spiro atoms. The van der Waals surface area contributed by atoms with Crippen molar-refractivity contribution in [3.05, 3.63) is 0 Å². The van der Waals surface area contributed by atoms with Crippen LogP contribution in [0.15, 0.2) is 0 Å². The Kier molecular flexibility index (Phi) is 2.02. The van der Waals surface area contributed by atoms with E-state index in [4.69, 9.17) is 5.11 Å². The molecule has 2 rings (SSSR count). The molecule has 68 valence electrons. The van der Waals surface area contributed by atoms with Gasteiger partial charge in [0.25, 0.3) is 0 Å². The molecule has 0 aromatic heterocycles. The largest absolute Gasteiger partial charge is 0.389 e. The zero-order valence-corrected chi connectivity index (χ0v) is 6.99. The Bertz CT molecular complexity index is 183. The lowest BCUT2D eigenvalue weighted by Crippen LogP contribution is -2.55. The normalized spacial score (nSPS) is 30.4. The Morgan fingerprint density at radius 2 is 2.25 bits per heavy atom. The van der Waals surface area contributed by atoms with Crippen molar-refractivity contribution in [1.82, 2.24) is 10.2 Å². The zero-order valence-electron chi connectivity index (χ0n) is 6.99. The molecule has 0 radical (unpaired) electrons. The van der Waals surface area contributed by atoms with Crippen LogP contribution in [-0.4, -0.2) is 48.2 Å². The lowest BCUT2D eigenvalue weighted by molar-refractivity contribution is -0.145. The molecule has 0 saturated carbocycles. The highest BCUT2D eigenvalue weighted by atomic mass is 16.3. The van der Waals surface area contributed by atoms with Crippen LogP contribution in [0.3, 0.4) is 0 Å². The van der Waals surface area contributed by atoms with Gasteiger partial charge in [-0.2, -0.15) is 0 Å². The van der Waals surface area contributed by atoms with Crippen molar-refractivity contribution < 1.29 is 9.90 Å². The first-order chi connectivity index (χ1) is 5.77. The molecule has 0 aliphatic carbocycles. The maximum absolute atomic E-state index is 11.5. The highest BCUT2D eigenvalue weighted by Gasteiger charge is 2.34. The highest BCUT2D eigenvalue weighted by Crippen LogP contribution is 2.16. The summed E-state index contributed by atoms with van der Waals surface area (Å²) >= 11 is 0. The lowest BCUT2D eigenvalue weighted by Gasteiger charge is -2.37. The number of rotatable bonds is 1. The van der Waals surface area contributed by atoms with Crippen LogP contribution in [0.1, 0.15) is 6.42 Å². The second-order valence-electron chi connectivity index (χ2n) is 3.59. The summed E-state index contributed by atoms with van der Waals surface area (Å²) in [5.41, 5.74) is 0. The topological polar surface area (TPSA) is 52.6 Å². The van der Waals surface area contributed by atoms with Crippen molar-refractivity contribution in [2.24, 2.45) is 5.92 Å². The quantitative estimate of drug-likeness (QED) is 0.519. The van der Waals surface area contributed by atoms with Gasteiger partial charge >= 0.3 is 0 Å². The molecular formula is C8H14N2O2. The summed E-state index contributed by atoms with van der Waals surface area (Å²) in [6.45, 7) is 2.84. The molecule has 2 aliphatic rings. The van der Waals surface area contributed by atoms with Crippen LogP contribution in [0, 0.1) is 5.92 Å². The second-order valence-corrected chi connectivity index (χ2v) is 3.59. The molecule has 1 amide bonds. The molecule has 0 aromatic carbocycles. The summed E-state index contributed by atoms with van der Waals surface area (Å²) in [4.78, 5) is 13.3. The third-order valence-electron chi connectivity index (χ3n) is 2.58. The van der Waals surface area contributed by atoms with Gasteiger partial charge in [0.15, 0.2) is 0 Å². The van der Waals surface area contributed by atoms with Crippen LogP contribution < -0.4 is 5.32 Å². The number of aliphatic hydroxyl groups is 1. The molecule has 0 aromatic rings. The molecule has 4 nitrogen and oxygen atoms in total. The van der Waals surface area contributed by atoms with Gasteiger partial charge in [-0.15, -0.1) is 0 Å². The molecule has 2 fully saturated rings. The minimum Gasteiger partial charge on any atom is -0.389 e. The van der Waals surface area contributed by atoms with Gasteiger partial charge in [-0.05, 0) is 13.0 Å². The molecule has 0 unspecified atom stereocenters. The zero-order chi connectivity index (χ0) is 8.55. The predicted molar refractivity (Wildman–Crippen MR) is 43.6 cm³/mol. The molecule has 2 N–H and O–H groups in total. The van der Waals surface area contributed by atoms with Gasteiger partial charge in [0, 0.05) is 19.6 Å². The number of β-amino-alcohol motifs (C(OH)–C–C–N with tert-alkyl or cyclic N) is 1. The van der Waals surface area contributed by atoms with Gasteiger partial charge in [0.1, 0.15) is 0 Å². The number of carbonyl (C=O) groups is 1. The fraction of sp³-hybridized carbons (Fsp3) is 0.875. The number of carbonyl (C=O) groups excluding carboxylic acids is 1. The summed E-state index contributed by atoms with van der Waals surface area (Å²) in [5.74, 6) is 0.378. The lowest BCUT2D eigenvalue weighted by atomic mass is 10.0. The van der Waals surface area contributed by atoms with Crippen molar-refractivity contribution in [1.29, 1.82) is 0 Å². The average molecular weight is 170 g/mol. The van der Waals surface area contributed by atoms with E-state index in [9.17, 15) is 4.79 Å². The summed E-state index contributed by atoms with van der Waals surface area (Å²) in [5, 5.41) is 12.2. The fourth-order valence-corrected chi connectivity index (χ4v) is 1.76. The van der Waals surface area contributed by atoms with Crippen LogP contribution in [0.25, 0.3) is 0 Å². The maximum atomic E-state index is 11.5. The van der Waals surface area contributed by atoms with E-state index in [1.807, 2.05) is 0 Å². The van der Waals surface area contributed by atoms with Crippen LogP contribution in [0.5, 0.6) is 0 Å². The molecule has 2 heterocycles. The maximum Gasteiger partial charge on any atom is 0.227 e. The molecular weight excluding hydrogens is 156 g/mol. The first kappa shape index (κ1) is 8.01. The van der Waals surface area contributed by atoms with E-state index < -0.39 is 0 Å².